The molecule has 0 aliphatic heterocycles. The first-order chi connectivity index (χ1) is 15.1. The molecule has 4 atom stereocenters. The fraction of sp³-hybridized carbons (Fsp3) is 0.786. The SMILES string of the molecule is CCCC1CCC(C2CCC3CC(COc4ccc(CC)c(F)c4F)CCC3C2)CC1. The number of aryl methyl sites for hydroxylation is 1. The Morgan fingerprint density at radius 1 is 0.742 bits per heavy atom. The number of halogens is 2. The van der Waals surface area contributed by atoms with Gasteiger partial charge in [-0.05, 0) is 105 Å². The molecule has 4 rings (SSSR count). The van der Waals surface area contributed by atoms with Crippen molar-refractivity contribution in [3.05, 3.63) is 29.3 Å². The van der Waals surface area contributed by atoms with Crippen molar-refractivity contribution >= 4 is 0 Å². The fourth-order valence-corrected chi connectivity index (χ4v) is 7.12. The molecule has 3 heteroatoms. The maximum Gasteiger partial charge on any atom is 0.200 e. The number of ether oxygens (including phenoxy) is 1. The van der Waals surface area contributed by atoms with Crippen LogP contribution in [0.25, 0.3) is 0 Å². The number of fused-ring (bicyclic) bond motifs is 1. The van der Waals surface area contributed by atoms with Gasteiger partial charge in [0.1, 0.15) is 0 Å². The summed E-state index contributed by atoms with van der Waals surface area (Å²) in [5.41, 5.74) is 0.418. The summed E-state index contributed by atoms with van der Waals surface area (Å²) < 4.78 is 34.1. The van der Waals surface area contributed by atoms with Gasteiger partial charge in [-0.1, -0.05) is 45.6 Å². The lowest BCUT2D eigenvalue weighted by atomic mass is 9.61. The molecule has 174 valence electrons. The average molecular weight is 433 g/mol. The van der Waals surface area contributed by atoms with Crippen LogP contribution in [0.2, 0.25) is 0 Å². The third-order valence-corrected chi connectivity index (χ3v) is 9.00. The van der Waals surface area contributed by atoms with Crippen LogP contribution in [-0.2, 0) is 6.42 Å². The molecule has 0 aromatic heterocycles. The van der Waals surface area contributed by atoms with E-state index in [1.54, 1.807) is 12.1 Å². The van der Waals surface area contributed by atoms with E-state index in [2.05, 4.69) is 6.92 Å². The van der Waals surface area contributed by atoms with Crippen molar-refractivity contribution < 1.29 is 13.5 Å². The molecule has 1 aromatic rings. The molecule has 3 saturated carbocycles. The van der Waals surface area contributed by atoms with E-state index in [4.69, 9.17) is 4.74 Å². The van der Waals surface area contributed by atoms with Crippen LogP contribution >= 0.6 is 0 Å². The van der Waals surface area contributed by atoms with Crippen LogP contribution in [-0.4, -0.2) is 6.61 Å². The lowest BCUT2D eigenvalue weighted by Gasteiger charge is -2.45. The van der Waals surface area contributed by atoms with Crippen molar-refractivity contribution in [3.8, 4) is 5.75 Å². The monoisotopic (exact) mass is 432 g/mol. The Hall–Kier alpha value is -1.12. The van der Waals surface area contributed by atoms with Crippen molar-refractivity contribution in [2.24, 2.45) is 35.5 Å². The first kappa shape index (κ1) is 23.1. The summed E-state index contributed by atoms with van der Waals surface area (Å²) in [6.07, 6.45) is 17.1. The molecule has 3 fully saturated rings. The Balaban J connectivity index is 1.24. The molecular formula is C28H42F2O. The summed E-state index contributed by atoms with van der Waals surface area (Å²) in [7, 11) is 0. The smallest absolute Gasteiger partial charge is 0.200 e. The van der Waals surface area contributed by atoms with Crippen LogP contribution in [0, 0.1) is 47.1 Å². The van der Waals surface area contributed by atoms with Gasteiger partial charge in [0, 0.05) is 0 Å². The predicted octanol–water partition coefficient (Wildman–Crippen LogP) is 8.35. The second-order valence-corrected chi connectivity index (χ2v) is 10.9. The molecule has 3 aliphatic carbocycles. The van der Waals surface area contributed by atoms with Gasteiger partial charge in [-0.2, -0.15) is 4.39 Å². The first-order valence-corrected chi connectivity index (χ1v) is 13.2. The topological polar surface area (TPSA) is 9.23 Å². The van der Waals surface area contributed by atoms with Crippen LogP contribution in [0.15, 0.2) is 12.1 Å². The summed E-state index contributed by atoms with van der Waals surface area (Å²) in [5, 5.41) is 0. The van der Waals surface area contributed by atoms with Crippen molar-refractivity contribution in [2.45, 2.75) is 97.3 Å². The third-order valence-electron chi connectivity index (χ3n) is 9.00. The molecule has 0 saturated heterocycles. The zero-order valence-electron chi connectivity index (χ0n) is 19.7. The van der Waals surface area contributed by atoms with Gasteiger partial charge in [-0.15, -0.1) is 0 Å². The zero-order valence-corrected chi connectivity index (χ0v) is 19.7. The van der Waals surface area contributed by atoms with E-state index in [0.29, 0.717) is 24.5 Å². The second kappa shape index (κ2) is 10.7. The molecule has 0 bridgehead atoms. The molecule has 0 heterocycles. The van der Waals surface area contributed by atoms with E-state index in [1.165, 1.54) is 77.0 Å². The van der Waals surface area contributed by atoms with E-state index in [1.807, 2.05) is 6.92 Å². The minimum Gasteiger partial charge on any atom is -0.490 e. The summed E-state index contributed by atoms with van der Waals surface area (Å²) in [4.78, 5) is 0. The fourth-order valence-electron chi connectivity index (χ4n) is 7.12. The number of benzene rings is 1. The van der Waals surface area contributed by atoms with Gasteiger partial charge in [-0.3, -0.25) is 0 Å². The Morgan fingerprint density at radius 2 is 1.35 bits per heavy atom. The molecule has 1 nitrogen and oxygen atoms in total. The Labute approximate surface area is 188 Å². The van der Waals surface area contributed by atoms with Crippen LogP contribution in [0.3, 0.4) is 0 Å². The standard InChI is InChI=1S/C28H42F2O/c1-3-5-19-6-9-22(10-7-19)24-13-12-23-16-20(8-11-25(23)17-24)18-31-26-15-14-21(4-2)27(29)28(26)30/h14-15,19-20,22-25H,3-13,16-18H2,1-2H3. The Morgan fingerprint density at radius 3 is 2.06 bits per heavy atom. The zero-order chi connectivity index (χ0) is 21.8. The van der Waals surface area contributed by atoms with Gasteiger partial charge in [-0.25, -0.2) is 4.39 Å². The van der Waals surface area contributed by atoms with Gasteiger partial charge < -0.3 is 4.74 Å². The lowest BCUT2D eigenvalue weighted by molar-refractivity contribution is 0.0478. The van der Waals surface area contributed by atoms with E-state index >= 15 is 0 Å². The molecule has 0 radical (unpaired) electrons. The van der Waals surface area contributed by atoms with Crippen LogP contribution in [0.5, 0.6) is 5.75 Å². The van der Waals surface area contributed by atoms with Crippen LogP contribution in [0.4, 0.5) is 8.78 Å². The van der Waals surface area contributed by atoms with Crippen molar-refractivity contribution in [1.82, 2.24) is 0 Å². The minimum atomic E-state index is -0.817. The highest BCUT2D eigenvalue weighted by Crippen LogP contribution is 2.49. The molecule has 0 N–H and O–H groups in total. The molecule has 0 spiro atoms. The first-order valence-electron chi connectivity index (χ1n) is 13.2. The predicted molar refractivity (Wildman–Crippen MR) is 123 cm³/mol. The normalized spacial score (nSPS) is 33.7. The summed E-state index contributed by atoms with van der Waals surface area (Å²) >= 11 is 0. The molecular weight excluding hydrogens is 390 g/mol. The molecule has 3 aliphatic rings. The number of rotatable bonds is 7. The maximum atomic E-state index is 14.3. The van der Waals surface area contributed by atoms with E-state index in [-0.39, 0.29) is 5.75 Å². The van der Waals surface area contributed by atoms with Gasteiger partial charge in [0.2, 0.25) is 5.82 Å². The van der Waals surface area contributed by atoms with Crippen molar-refractivity contribution in [1.29, 1.82) is 0 Å². The van der Waals surface area contributed by atoms with Crippen molar-refractivity contribution in [3.63, 3.8) is 0 Å². The lowest BCUT2D eigenvalue weighted by Crippen LogP contribution is -2.35. The Bertz CT molecular complexity index is 709. The maximum absolute atomic E-state index is 14.3. The van der Waals surface area contributed by atoms with Gasteiger partial charge in [0.05, 0.1) is 6.61 Å². The third kappa shape index (κ3) is 5.45. The largest absolute Gasteiger partial charge is 0.490 e. The minimum absolute atomic E-state index is 0.0826. The molecule has 4 unspecified atom stereocenters. The molecule has 1 aromatic carbocycles. The summed E-state index contributed by atoms with van der Waals surface area (Å²) in [6, 6.07) is 3.25. The van der Waals surface area contributed by atoms with E-state index in [0.717, 1.165) is 29.6 Å². The van der Waals surface area contributed by atoms with Gasteiger partial charge >= 0.3 is 0 Å². The summed E-state index contributed by atoms with van der Waals surface area (Å²) in [6.45, 7) is 4.69. The Kier molecular flexibility index (Phi) is 7.93. The van der Waals surface area contributed by atoms with Gasteiger partial charge in [0.25, 0.3) is 0 Å². The van der Waals surface area contributed by atoms with Crippen molar-refractivity contribution in [2.75, 3.05) is 6.61 Å². The average Bonchev–Trinajstić information content (AvgIpc) is 2.80. The highest BCUT2D eigenvalue weighted by atomic mass is 19.2. The van der Waals surface area contributed by atoms with E-state index < -0.39 is 11.6 Å². The second-order valence-electron chi connectivity index (χ2n) is 10.9. The van der Waals surface area contributed by atoms with E-state index in [9.17, 15) is 8.78 Å². The highest BCUT2D eigenvalue weighted by molar-refractivity contribution is 5.31. The van der Waals surface area contributed by atoms with Crippen LogP contribution < -0.4 is 4.74 Å². The summed E-state index contributed by atoms with van der Waals surface area (Å²) in [5.74, 6) is 3.66. The highest BCUT2D eigenvalue weighted by Gasteiger charge is 2.38. The van der Waals surface area contributed by atoms with Crippen LogP contribution in [0.1, 0.15) is 96.5 Å². The molecule has 0 amide bonds. The number of hydrogen-bond acceptors (Lipinski definition) is 1. The number of hydrogen-bond donors (Lipinski definition) is 0. The molecule has 31 heavy (non-hydrogen) atoms. The van der Waals surface area contributed by atoms with Gasteiger partial charge in [0.15, 0.2) is 11.6 Å². The quantitative estimate of drug-likeness (QED) is 0.421.